The lowest BCUT2D eigenvalue weighted by atomic mass is 10.0. The summed E-state index contributed by atoms with van der Waals surface area (Å²) in [6.45, 7) is 5.31. The van der Waals surface area contributed by atoms with Crippen molar-refractivity contribution < 1.29 is 4.74 Å². The van der Waals surface area contributed by atoms with Gasteiger partial charge in [0, 0.05) is 38.8 Å². The number of rotatable bonds is 3. The SMILES string of the molecule is c1ccc(C2CNCCN2CC2CCCCO2)cc1. The van der Waals surface area contributed by atoms with Crippen LogP contribution in [0.1, 0.15) is 30.9 Å². The predicted octanol–water partition coefficient (Wildman–Crippen LogP) is 2.20. The molecule has 0 amide bonds. The van der Waals surface area contributed by atoms with Crippen LogP contribution in [0.5, 0.6) is 0 Å². The third-order valence-electron chi connectivity index (χ3n) is 4.25. The van der Waals surface area contributed by atoms with Crippen molar-refractivity contribution in [3.63, 3.8) is 0 Å². The van der Waals surface area contributed by atoms with E-state index in [1.165, 1.54) is 24.8 Å². The van der Waals surface area contributed by atoms with Crippen molar-refractivity contribution >= 4 is 0 Å². The topological polar surface area (TPSA) is 24.5 Å². The van der Waals surface area contributed by atoms with Crippen molar-refractivity contribution in [3.05, 3.63) is 35.9 Å². The minimum atomic E-state index is 0.443. The lowest BCUT2D eigenvalue weighted by Gasteiger charge is -2.39. The second-order valence-corrected chi connectivity index (χ2v) is 5.61. The molecule has 2 unspecified atom stereocenters. The van der Waals surface area contributed by atoms with Gasteiger partial charge in [-0.3, -0.25) is 4.90 Å². The molecule has 0 aromatic heterocycles. The highest BCUT2D eigenvalue weighted by atomic mass is 16.5. The number of nitrogens with zero attached hydrogens (tertiary/aromatic N) is 1. The molecule has 2 aliphatic rings. The van der Waals surface area contributed by atoms with Crippen LogP contribution in [0.25, 0.3) is 0 Å². The van der Waals surface area contributed by atoms with Crippen LogP contribution in [0.15, 0.2) is 30.3 Å². The number of hydrogen-bond acceptors (Lipinski definition) is 3. The van der Waals surface area contributed by atoms with E-state index in [-0.39, 0.29) is 0 Å². The van der Waals surface area contributed by atoms with Crippen LogP contribution >= 0.6 is 0 Å². The Morgan fingerprint density at radius 2 is 2.11 bits per heavy atom. The van der Waals surface area contributed by atoms with Gasteiger partial charge in [0.2, 0.25) is 0 Å². The van der Waals surface area contributed by atoms with Gasteiger partial charge in [0.15, 0.2) is 0 Å². The number of piperazine rings is 1. The Morgan fingerprint density at radius 1 is 1.21 bits per heavy atom. The number of ether oxygens (including phenoxy) is 1. The van der Waals surface area contributed by atoms with Gasteiger partial charge in [-0.1, -0.05) is 30.3 Å². The second kappa shape index (κ2) is 6.51. The highest BCUT2D eigenvalue weighted by molar-refractivity contribution is 5.20. The van der Waals surface area contributed by atoms with Crippen molar-refractivity contribution in [2.75, 3.05) is 32.8 Å². The molecule has 0 radical (unpaired) electrons. The zero-order valence-corrected chi connectivity index (χ0v) is 11.6. The quantitative estimate of drug-likeness (QED) is 0.901. The fourth-order valence-electron chi connectivity index (χ4n) is 3.18. The number of benzene rings is 1. The fourth-order valence-corrected chi connectivity index (χ4v) is 3.18. The molecule has 1 N–H and O–H groups in total. The molecule has 1 aromatic carbocycles. The van der Waals surface area contributed by atoms with Crippen LogP contribution in [0.2, 0.25) is 0 Å². The molecular formula is C16H24N2O. The van der Waals surface area contributed by atoms with Crippen molar-refractivity contribution in [3.8, 4) is 0 Å². The summed E-state index contributed by atoms with van der Waals surface area (Å²) in [6, 6.07) is 11.4. The van der Waals surface area contributed by atoms with Gasteiger partial charge in [-0.15, -0.1) is 0 Å². The molecule has 0 bridgehead atoms. The van der Waals surface area contributed by atoms with Crippen LogP contribution in [0, 0.1) is 0 Å². The minimum Gasteiger partial charge on any atom is -0.377 e. The molecule has 0 aliphatic carbocycles. The molecule has 3 nitrogen and oxygen atoms in total. The summed E-state index contributed by atoms with van der Waals surface area (Å²) in [5.74, 6) is 0. The van der Waals surface area contributed by atoms with E-state index in [1.807, 2.05) is 0 Å². The molecule has 0 spiro atoms. The largest absolute Gasteiger partial charge is 0.377 e. The molecule has 0 saturated carbocycles. The summed E-state index contributed by atoms with van der Waals surface area (Å²) in [5.41, 5.74) is 1.42. The maximum absolute atomic E-state index is 5.90. The van der Waals surface area contributed by atoms with Gasteiger partial charge in [-0.25, -0.2) is 0 Å². The van der Waals surface area contributed by atoms with E-state index in [4.69, 9.17) is 4.74 Å². The Balaban J connectivity index is 1.66. The van der Waals surface area contributed by atoms with Gasteiger partial charge in [-0.2, -0.15) is 0 Å². The summed E-state index contributed by atoms with van der Waals surface area (Å²) in [7, 11) is 0. The standard InChI is InChI=1S/C16H24N2O/c1-2-6-14(7-3-1)16-12-17-9-10-18(16)13-15-8-4-5-11-19-15/h1-3,6-7,15-17H,4-5,8-13H2. The normalized spacial score (nSPS) is 29.3. The Hall–Kier alpha value is -0.900. The zero-order valence-electron chi connectivity index (χ0n) is 11.6. The third kappa shape index (κ3) is 3.35. The minimum absolute atomic E-state index is 0.443. The summed E-state index contributed by atoms with van der Waals surface area (Å²) < 4.78 is 5.90. The number of hydrogen-bond donors (Lipinski definition) is 1. The van der Waals surface area contributed by atoms with Crippen molar-refractivity contribution in [1.29, 1.82) is 0 Å². The van der Waals surface area contributed by atoms with Crippen LogP contribution in [0.4, 0.5) is 0 Å². The molecule has 1 aromatic rings. The van der Waals surface area contributed by atoms with E-state index < -0.39 is 0 Å². The monoisotopic (exact) mass is 260 g/mol. The predicted molar refractivity (Wildman–Crippen MR) is 77.2 cm³/mol. The molecule has 3 rings (SSSR count). The van der Waals surface area contributed by atoms with Gasteiger partial charge >= 0.3 is 0 Å². The van der Waals surface area contributed by atoms with E-state index >= 15 is 0 Å². The first-order valence-corrected chi connectivity index (χ1v) is 7.55. The molecule has 3 heteroatoms. The summed E-state index contributed by atoms with van der Waals surface area (Å²) in [6.07, 6.45) is 4.23. The Morgan fingerprint density at radius 3 is 2.89 bits per heavy atom. The Kier molecular flexibility index (Phi) is 4.49. The van der Waals surface area contributed by atoms with E-state index in [0.717, 1.165) is 32.8 Å². The molecule has 2 atom stereocenters. The van der Waals surface area contributed by atoms with Gasteiger partial charge in [-0.05, 0) is 24.8 Å². The lowest BCUT2D eigenvalue weighted by molar-refractivity contribution is -0.0175. The summed E-state index contributed by atoms with van der Waals surface area (Å²) in [4.78, 5) is 2.60. The van der Waals surface area contributed by atoms with Crippen LogP contribution in [-0.2, 0) is 4.74 Å². The van der Waals surface area contributed by atoms with E-state index in [1.54, 1.807) is 0 Å². The number of nitrogens with one attached hydrogen (secondary N) is 1. The molecule has 2 aliphatic heterocycles. The molecule has 2 heterocycles. The van der Waals surface area contributed by atoms with Crippen molar-refractivity contribution in [2.45, 2.75) is 31.4 Å². The van der Waals surface area contributed by atoms with Gasteiger partial charge in [0.05, 0.1) is 6.10 Å². The summed E-state index contributed by atoms with van der Waals surface area (Å²) >= 11 is 0. The van der Waals surface area contributed by atoms with E-state index in [2.05, 4.69) is 40.5 Å². The smallest absolute Gasteiger partial charge is 0.0702 e. The average Bonchev–Trinajstić information content (AvgIpc) is 2.50. The molecule has 2 saturated heterocycles. The zero-order chi connectivity index (χ0) is 12.9. The fraction of sp³-hybridized carbons (Fsp3) is 0.625. The molecule has 19 heavy (non-hydrogen) atoms. The van der Waals surface area contributed by atoms with Crippen LogP contribution in [-0.4, -0.2) is 43.8 Å². The molecule has 2 fully saturated rings. The second-order valence-electron chi connectivity index (χ2n) is 5.61. The van der Waals surface area contributed by atoms with E-state index in [9.17, 15) is 0 Å². The van der Waals surface area contributed by atoms with Crippen LogP contribution < -0.4 is 5.32 Å². The van der Waals surface area contributed by atoms with Gasteiger partial charge in [0.25, 0.3) is 0 Å². The van der Waals surface area contributed by atoms with Crippen molar-refractivity contribution in [1.82, 2.24) is 10.2 Å². The molecule has 104 valence electrons. The first kappa shape index (κ1) is 13.1. The first-order valence-electron chi connectivity index (χ1n) is 7.55. The van der Waals surface area contributed by atoms with Crippen molar-refractivity contribution in [2.24, 2.45) is 0 Å². The van der Waals surface area contributed by atoms with Gasteiger partial charge < -0.3 is 10.1 Å². The van der Waals surface area contributed by atoms with Crippen LogP contribution in [0.3, 0.4) is 0 Å². The maximum Gasteiger partial charge on any atom is 0.0702 e. The average molecular weight is 260 g/mol. The lowest BCUT2D eigenvalue weighted by Crippen LogP contribution is -2.49. The first-order chi connectivity index (χ1) is 9.43. The Bertz CT molecular complexity index is 376. The van der Waals surface area contributed by atoms with Gasteiger partial charge in [0.1, 0.15) is 0 Å². The maximum atomic E-state index is 5.90. The highest BCUT2D eigenvalue weighted by Gasteiger charge is 2.26. The third-order valence-corrected chi connectivity index (χ3v) is 4.25. The summed E-state index contributed by atoms with van der Waals surface area (Å²) in [5, 5.41) is 3.52. The van der Waals surface area contributed by atoms with E-state index in [0.29, 0.717) is 12.1 Å². The highest BCUT2D eigenvalue weighted by Crippen LogP contribution is 2.24. The molecular weight excluding hydrogens is 236 g/mol. The Labute approximate surface area is 115 Å².